The van der Waals surface area contributed by atoms with Crippen LogP contribution in [-0.4, -0.2) is 22.0 Å². The summed E-state index contributed by atoms with van der Waals surface area (Å²) < 4.78 is 1.78. The minimum absolute atomic E-state index is 0.00593. The third kappa shape index (κ3) is 3.66. The van der Waals surface area contributed by atoms with Crippen molar-refractivity contribution in [3.8, 4) is 0 Å². The van der Waals surface area contributed by atoms with Gasteiger partial charge >= 0.3 is 0 Å². The summed E-state index contributed by atoms with van der Waals surface area (Å²) in [5.74, 6) is 0.452. The van der Waals surface area contributed by atoms with Gasteiger partial charge in [0.05, 0.1) is 12.0 Å². The van der Waals surface area contributed by atoms with Crippen LogP contribution in [-0.2, 0) is 11.3 Å². The largest absolute Gasteiger partial charge is 0.354 e. The molecule has 0 spiro atoms. The zero-order valence-corrected chi connectivity index (χ0v) is 10.1. The number of nitrogens with zero attached hydrogens (tertiary/aromatic N) is 2. The molecule has 1 aromatic rings. The number of hydrogen-bond acceptors (Lipinski definition) is 3. The molecule has 1 atom stereocenters. The van der Waals surface area contributed by atoms with Crippen LogP contribution in [0.15, 0.2) is 12.5 Å². The molecule has 0 aromatic carbocycles. The number of carbonyl (C=O) groups excluding carboxylic acids is 1. The van der Waals surface area contributed by atoms with E-state index < -0.39 is 0 Å². The summed E-state index contributed by atoms with van der Waals surface area (Å²) in [7, 11) is 0. The number of imidazole rings is 1. The van der Waals surface area contributed by atoms with Gasteiger partial charge in [-0.2, -0.15) is 0 Å². The fourth-order valence-electron chi connectivity index (χ4n) is 1.37. The van der Waals surface area contributed by atoms with Crippen LogP contribution in [0.2, 0.25) is 0 Å². The van der Waals surface area contributed by atoms with Gasteiger partial charge < -0.3 is 15.6 Å². The summed E-state index contributed by atoms with van der Waals surface area (Å²) in [5, 5.41) is 2.86. The van der Waals surface area contributed by atoms with Crippen LogP contribution < -0.4 is 11.1 Å². The van der Waals surface area contributed by atoms with Gasteiger partial charge in [-0.25, -0.2) is 4.98 Å². The van der Waals surface area contributed by atoms with Gasteiger partial charge in [-0.3, -0.25) is 4.79 Å². The van der Waals surface area contributed by atoms with Crippen LogP contribution in [0.1, 0.15) is 32.5 Å². The van der Waals surface area contributed by atoms with Gasteiger partial charge in [-0.05, 0) is 12.8 Å². The maximum atomic E-state index is 11.6. The number of aromatic nitrogens is 2. The van der Waals surface area contributed by atoms with Crippen LogP contribution in [0.3, 0.4) is 0 Å². The normalized spacial score (nSPS) is 12.8. The Balaban J connectivity index is 2.53. The average Bonchev–Trinajstić information content (AvgIpc) is 2.62. The lowest BCUT2D eigenvalue weighted by atomic mass is 10.2. The van der Waals surface area contributed by atoms with Crippen molar-refractivity contribution in [3.05, 3.63) is 18.2 Å². The van der Waals surface area contributed by atoms with Gasteiger partial charge in [0.25, 0.3) is 0 Å². The lowest BCUT2D eigenvalue weighted by Crippen LogP contribution is -2.31. The van der Waals surface area contributed by atoms with Gasteiger partial charge in [-0.1, -0.05) is 13.8 Å². The SMILES string of the molecule is CC(C)CNC(=O)Cn1cncc1[C@H](C)N. The first-order chi connectivity index (χ1) is 7.50. The topological polar surface area (TPSA) is 72.9 Å². The molecule has 90 valence electrons. The first kappa shape index (κ1) is 12.7. The van der Waals surface area contributed by atoms with Crippen molar-refractivity contribution in [3.63, 3.8) is 0 Å². The molecular formula is C11H20N4O. The van der Waals surface area contributed by atoms with E-state index in [1.807, 2.05) is 6.92 Å². The second-order valence-electron chi connectivity index (χ2n) is 4.43. The number of hydrogen-bond donors (Lipinski definition) is 2. The predicted molar refractivity (Wildman–Crippen MR) is 62.7 cm³/mol. The molecule has 3 N–H and O–H groups in total. The van der Waals surface area contributed by atoms with E-state index >= 15 is 0 Å². The molecule has 0 radical (unpaired) electrons. The highest BCUT2D eigenvalue weighted by Gasteiger charge is 2.09. The molecule has 1 rings (SSSR count). The van der Waals surface area contributed by atoms with Crippen LogP contribution in [0.25, 0.3) is 0 Å². The molecule has 1 aromatic heterocycles. The van der Waals surface area contributed by atoms with Crippen molar-refractivity contribution in [1.29, 1.82) is 0 Å². The van der Waals surface area contributed by atoms with Gasteiger partial charge in [0, 0.05) is 18.8 Å². The standard InChI is InChI=1S/C11H20N4O/c1-8(2)4-14-11(16)6-15-7-13-5-10(15)9(3)12/h5,7-9H,4,6,12H2,1-3H3,(H,14,16)/t9-/m0/s1. The van der Waals surface area contributed by atoms with E-state index in [4.69, 9.17) is 5.73 Å². The molecule has 0 fully saturated rings. The highest BCUT2D eigenvalue weighted by atomic mass is 16.1. The lowest BCUT2D eigenvalue weighted by Gasteiger charge is -2.11. The fraction of sp³-hybridized carbons (Fsp3) is 0.636. The summed E-state index contributed by atoms with van der Waals surface area (Å²) in [6, 6.07) is -0.111. The molecule has 0 aliphatic carbocycles. The Labute approximate surface area is 96.0 Å². The summed E-state index contributed by atoms with van der Waals surface area (Å²) in [4.78, 5) is 15.6. The average molecular weight is 224 g/mol. The first-order valence-corrected chi connectivity index (χ1v) is 5.53. The van der Waals surface area contributed by atoms with Crippen molar-refractivity contribution in [2.24, 2.45) is 11.7 Å². The number of amides is 1. The lowest BCUT2D eigenvalue weighted by molar-refractivity contribution is -0.121. The maximum Gasteiger partial charge on any atom is 0.239 e. The van der Waals surface area contributed by atoms with E-state index in [0.717, 1.165) is 5.69 Å². The molecule has 5 heteroatoms. The zero-order chi connectivity index (χ0) is 12.1. The molecule has 0 saturated carbocycles. The summed E-state index contributed by atoms with van der Waals surface area (Å²) in [6.07, 6.45) is 3.33. The van der Waals surface area contributed by atoms with Crippen molar-refractivity contribution in [2.75, 3.05) is 6.54 Å². The molecule has 0 bridgehead atoms. The van der Waals surface area contributed by atoms with Gasteiger partial charge in [0.15, 0.2) is 0 Å². The van der Waals surface area contributed by atoms with Crippen LogP contribution >= 0.6 is 0 Å². The van der Waals surface area contributed by atoms with E-state index in [0.29, 0.717) is 12.5 Å². The molecule has 1 heterocycles. The number of carbonyl (C=O) groups is 1. The Bertz CT molecular complexity index is 344. The summed E-state index contributed by atoms with van der Waals surface area (Å²) in [6.45, 7) is 6.97. The molecule has 0 aliphatic rings. The quantitative estimate of drug-likeness (QED) is 0.772. The Morgan fingerprint density at radius 2 is 2.25 bits per heavy atom. The van der Waals surface area contributed by atoms with Crippen molar-refractivity contribution in [1.82, 2.24) is 14.9 Å². The Morgan fingerprint density at radius 1 is 1.56 bits per heavy atom. The second kappa shape index (κ2) is 5.65. The highest BCUT2D eigenvalue weighted by Crippen LogP contribution is 2.07. The first-order valence-electron chi connectivity index (χ1n) is 5.53. The smallest absolute Gasteiger partial charge is 0.239 e. The summed E-state index contributed by atoms with van der Waals surface area (Å²) in [5.41, 5.74) is 6.64. The Hall–Kier alpha value is -1.36. The summed E-state index contributed by atoms with van der Waals surface area (Å²) >= 11 is 0. The molecule has 1 amide bonds. The molecule has 0 aliphatic heterocycles. The highest BCUT2D eigenvalue weighted by molar-refractivity contribution is 5.75. The monoisotopic (exact) mass is 224 g/mol. The van der Waals surface area contributed by atoms with Crippen LogP contribution in [0.5, 0.6) is 0 Å². The Kier molecular flexibility index (Phi) is 4.49. The van der Waals surface area contributed by atoms with Crippen LogP contribution in [0.4, 0.5) is 0 Å². The molecule has 0 saturated heterocycles. The third-order valence-corrected chi connectivity index (χ3v) is 2.23. The van der Waals surface area contributed by atoms with Crippen LogP contribution in [0, 0.1) is 5.92 Å². The van der Waals surface area contributed by atoms with Gasteiger partial charge in [0.1, 0.15) is 6.54 Å². The number of rotatable bonds is 5. The minimum Gasteiger partial charge on any atom is -0.354 e. The molecular weight excluding hydrogens is 204 g/mol. The Morgan fingerprint density at radius 3 is 2.81 bits per heavy atom. The molecule has 5 nitrogen and oxygen atoms in total. The number of nitrogens with two attached hydrogens (primary N) is 1. The fourth-order valence-corrected chi connectivity index (χ4v) is 1.37. The molecule has 16 heavy (non-hydrogen) atoms. The number of nitrogens with one attached hydrogen (secondary N) is 1. The van der Waals surface area contributed by atoms with E-state index in [-0.39, 0.29) is 18.5 Å². The van der Waals surface area contributed by atoms with Crippen molar-refractivity contribution in [2.45, 2.75) is 33.4 Å². The van der Waals surface area contributed by atoms with Gasteiger partial charge in [0.2, 0.25) is 5.91 Å². The third-order valence-electron chi connectivity index (χ3n) is 2.23. The zero-order valence-electron chi connectivity index (χ0n) is 10.1. The van der Waals surface area contributed by atoms with E-state index in [9.17, 15) is 4.79 Å². The van der Waals surface area contributed by atoms with Crippen molar-refractivity contribution >= 4 is 5.91 Å². The van der Waals surface area contributed by atoms with E-state index in [1.165, 1.54) is 0 Å². The molecule has 0 unspecified atom stereocenters. The van der Waals surface area contributed by atoms with Crippen molar-refractivity contribution < 1.29 is 4.79 Å². The van der Waals surface area contributed by atoms with E-state index in [2.05, 4.69) is 24.1 Å². The van der Waals surface area contributed by atoms with E-state index in [1.54, 1.807) is 17.1 Å². The maximum absolute atomic E-state index is 11.6. The predicted octanol–water partition coefficient (Wildman–Crippen LogP) is 0.675. The van der Waals surface area contributed by atoms with Gasteiger partial charge in [-0.15, -0.1) is 0 Å². The second-order valence-corrected chi connectivity index (χ2v) is 4.43. The minimum atomic E-state index is -0.111.